The molecule has 3 nitrogen and oxygen atoms in total. The van der Waals surface area contributed by atoms with E-state index in [-0.39, 0.29) is 17.4 Å². The van der Waals surface area contributed by atoms with Gasteiger partial charge < -0.3 is 4.74 Å². The van der Waals surface area contributed by atoms with Crippen molar-refractivity contribution < 1.29 is 22.7 Å². The third kappa shape index (κ3) is 2.47. The number of hydrogen-bond donors (Lipinski definition) is 0. The van der Waals surface area contributed by atoms with Gasteiger partial charge in [0.25, 0.3) is 0 Å². The van der Waals surface area contributed by atoms with Crippen molar-refractivity contribution in [3.63, 3.8) is 0 Å². The number of carbonyl (C=O) groups is 1. The highest BCUT2D eigenvalue weighted by atomic mass is 19.3. The van der Waals surface area contributed by atoms with Crippen LogP contribution < -0.4 is 4.74 Å². The van der Waals surface area contributed by atoms with Crippen molar-refractivity contribution in [1.29, 1.82) is 5.26 Å². The molecule has 0 radical (unpaired) electrons. The third-order valence-electron chi connectivity index (χ3n) is 1.56. The molecular formula is C9H4F3NO2. The number of rotatable bonds is 3. The standard InChI is InChI=1S/C9H4F3NO2/c10-7-2-8(15-9(11)12)5(3-13)1-6(7)4-14/h1-2,4,9H. The van der Waals surface area contributed by atoms with E-state index in [1.807, 2.05) is 0 Å². The number of alkyl halides is 2. The predicted molar refractivity (Wildman–Crippen MR) is 43.1 cm³/mol. The first-order chi connectivity index (χ1) is 7.08. The Morgan fingerprint density at radius 2 is 2.13 bits per heavy atom. The van der Waals surface area contributed by atoms with Gasteiger partial charge in [0.15, 0.2) is 6.29 Å². The average molecular weight is 215 g/mol. The molecule has 0 atom stereocenters. The maximum atomic E-state index is 13.0. The number of carbonyl (C=O) groups excluding carboxylic acids is 1. The minimum atomic E-state index is -3.15. The first-order valence-corrected chi connectivity index (χ1v) is 3.72. The Balaban J connectivity index is 3.22. The molecular weight excluding hydrogens is 211 g/mol. The monoisotopic (exact) mass is 215 g/mol. The summed E-state index contributed by atoms with van der Waals surface area (Å²) in [7, 11) is 0. The number of halogens is 3. The molecule has 0 saturated heterocycles. The van der Waals surface area contributed by atoms with Gasteiger partial charge in [-0.3, -0.25) is 4.79 Å². The number of nitriles is 1. The van der Waals surface area contributed by atoms with Crippen LogP contribution in [0.1, 0.15) is 15.9 Å². The van der Waals surface area contributed by atoms with Gasteiger partial charge in [-0.1, -0.05) is 0 Å². The van der Waals surface area contributed by atoms with Crippen molar-refractivity contribution in [2.75, 3.05) is 0 Å². The summed E-state index contributed by atoms with van der Waals surface area (Å²) in [6.07, 6.45) is 0.183. The van der Waals surface area contributed by atoms with Crippen LogP contribution in [-0.2, 0) is 0 Å². The molecule has 0 spiro atoms. The first-order valence-electron chi connectivity index (χ1n) is 3.72. The largest absolute Gasteiger partial charge is 0.433 e. The van der Waals surface area contributed by atoms with E-state index in [1.54, 1.807) is 0 Å². The number of nitrogens with zero attached hydrogens (tertiary/aromatic N) is 1. The summed E-state index contributed by atoms with van der Waals surface area (Å²) in [5.41, 5.74) is -0.702. The van der Waals surface area contributed by atoms with Crippen LogP contribution in [0.15, 0.2) is 12.1 Å². The lowest BCUT2D eigenvalue weighted by Crippen LogP contribution is -2.05. The smallest absolute Gasteiger partial charge is 0.387 e. The summed E-state index contributed by atoms with van der Waals surface area (Å²) in [6, 6.07) is 2.94. The second-order valence-electron chi connectivity index (χ2n) is 2.48. The second kappa shape index (κ2) is 4.46. The average Bonchev–Trinajstić information content (AvgIpc) is 2.17. The zero-order valence-electron chi connectivity index (χ0n) is 7.21. The Morgan fingerprint density at radius 1 is 1.47 bits per heavy atom. The molecule has 0 bridgehead atoms. The molecule has 1 aromatic carbocycles. The fourth-order valence-electron chi connectivity index (χ4n) is 0.943. The van der Waals surface area contributed by atoms with Gasteiger partial charge in [-0.05, 0) is 6.07 Å². The highest BCUT2D eigenvalue weighted by Gasteiger charge is 2.13. The first kappa shape index (κ1) is 11.0. The minimum Gasteiger partial charge on any atom is -0.433 e. The lowest BCUT2D eigenvalue weighted by atomic mass is 10.1. The van der Waals surface area contributed by atoms with E-state index in [0.717, 1.165) is 6.07 Å². The Hall–Kier alpha value is -2.03. The predicted octanol–water partition coefficient (Wildman–Crippen LogP) is 2.11. The van der Waals surface area contributed by atoms with Crippen LogP contribution in [-0.4, -0.2) is 12.9 Å². The molecule has 0 saturated carbocycles. The molecule has 0 unspecified atom stereocenters. The second-order valence-corrected chi connectivity index (χ2v) is 2.48. The van der Waals surface area contributed by atoms with Crippen LogP contribution in [0.5, 0.6) is 5.75 Å². The number of benzene rings is 1. The molecule has 1 aromatic rings. The van der Waals surface area contributed by atoms with Crippen molar-refractivity contribution in [1.82, 2.24) is 0 Å². The van der Waals surface area contributed by atoms with Gasteiger partial charge in [-0.2, -0.15) is 14.0 Å². The Labute approximate surface area is 82.7 Å². The molecule has 6 heteroatoms. The van der Waals surface area contributed by atoms with Gasteiger partial charge in [0.1, 0.15) is 17.6 Å². The molecule has 1 rings (SSSR count). The molecule has 0 N–H and O–H groups in total. The maximum Gasteiger partial charge on any atom is 0.387 e. The van der Waals surface area contributed by atoms with Crippen LogP contribution in [0.4, 0.5) is 13.2 Å². The van der Waals surface area contributed by atoms with Gasteiger partial charge in [0, 0.05) is 6.07 Å². The van der Waals surface area contributed by atoms with E-state index < -0.39 is 18.2 Å². The van der Waals surface area contributed by atoms with E-state index in [4.69, 9.17) is 5.26 Å². The zero-order chi connectivity index (χ0) is 11.4. The molecule has 0 heterocycles. The maximum absolute atomic E-state index is 13.0. The summed E-state index contributed by atoms with van der Waals surface area (Å²) in [4.78, 5) is 10.3. The number of aldehydes is 1. The quantitative estimate of drug-likeness (QED) is 0.725. The van der Waals surface area contributed by atoms with Crippen molar-refractivity contribution in [2.24, 2.45) is 0 Å². The van der Waals surface area contributed by atoms with E-state index in [0.29, 0.717) is 6.07 Å². The summed E-state index contributed by atoms with van der Waals surface area (Å²) >= 11 is 0. The fourth-order valence-corrected chi connectivity index (χ4v) is 0.943. The zero-order valence-corrected chi connectivity index (χ0v) is 7.21. The van der Waals surface area contributed by atoms with Gasteiger partial charge in [-0.25, -0.2) is 4.39 Å². The van der Waals surface area contributed by atoms with Gasteiger partial charge in [0.05, 0.1) is 11.1 Å². The molecule has 0 aliphatic carbocycles. The van der Waals surface area contributed by atoms with Crippen molar-refractivity contribution in [3.05, 3.63) is 29.1 Å². The van der Waals surface area contributed by atoms with Crippen molar-refractivity contribution in [2.45, 2.75) is 6.61 Å². The van der Waals surface area contributed by atoms with Crippen LogP contribution in [0, 0.1) is 17.1 Å². The van der Waals surface area contributed by atoms with Crippen molar-refractivity contribution in [3.8, 4) is 11.8 Å². The summed E-state index contributed by atoms with van der Waals surface area (Å²) in [6.45, 7) is -3.15. The molecule has 0 fully saturated rings. The molecule has 0 aliphatic heterocycles. The summed E-state index contributed by atoms with van der Waals surface area (Å²) in [5.74, 6) is -1.60. The van der Waals surface area contributed by atoms with E-state index in [9.17, 15) is 18.0 Å². The summed E-state index contributed by atoms with van der Waals surface area (Å²) < 4.78 is 40.5. The van der Waals surface area contributed by atoms with Crippen LogP contribution >= 0.6 is 0 Å². The van der Waals surface area contributed by atoms with E-state index in [2.05, 4.69) is 4.74 Å². The third-order valence-corrected chi connectivity index (χ3v) is 1.56. The SMILES string of the molecule is N#Cc1cc(C=O)c(F)cc1OC(F)F. The number of ether oxygens (including phenoxy) is 1. The summed E-state index contributed by atoms with van der Waals surface area (Å²) in [5, 5.41) is 8.53. The highest BCUT2D eigenvalue weighted by Crippen LogP contribution is 2.23. The normalized spacial score (nSPS) is 9.80. The van der Waals surface area contributed by atoms with Gasteiger partial charge >= 0.3 is 6.61 Å². The highest BCUT2D eigenvalue weighted by molar-refractivity contribution is 5.76. The lowest BCUT2D eigenvalue weighted by Gasteiger charge is -2.06. The van der Waals surface area contributed by atoms with Gasteiger partial charge in [-0.15, -0.1) is 0 Å². The Kier molecular flexibility index (Phi) is 3.29. The molecule has 15 heavy (non-hydrogen) atoms. The van der Waals surface area contributed by atoms with Crippen LogP contribution in [0.25, 0.3) is 0 Å². The Bertz CT molecular complexity index is 426. The van der Waals surface area contributed by atoms with E-state index >= 15 is 0 Å². The van der Waals surface area contributed by atoms with E-state index in [1.165, 1.54) is 6.07 Å². The molecule has 0 aliphatic rings. The van der Waals surface area contributed by atoms with Gasteiger partial charge in [0.2, 0.25) is 0 Å². The topological polar surface area (TPSA) is 50.1 Å². The lowest BCUT2D eigenvalue weighted by molar-refractivity contribution is -0.0501. The molecule has 0 amide bonds. The number of hydrogen-bond acceptors (Lipinski definition) is 3. The molecule has 0 aromatic heterocycles. The fraction of sp³-hybridized carbons (Fsp3) is 0.111. The minimum absolute atomic E-state index is 0.183. The molecule has 78 valence electrons. The van der Waals surface area contributed by atoms with Crippen LogP contribution in [0.3, 0.4) is 0 Å². The van der Waals surface area contributed by atoms with Crippen molar-refractivity contribution >= 4 is 6.29 Å². The van der Waals surface area contributed by atoms with Crippen LogP contribution in [0.2, 0.25) is 0 Å². The Morgan fingerprint density at radius 3 is 2.60 bits per heavy atom.